The second-order valence-corrected chi connectivity index (χ2v) is 3.94. The van der Waals surface area contributed by atoms with E-state index in [1.54, 1.807) is 0 Å². The Balaban J connectivity index is 2.00. The van der Waals surface area contributed by atoms with Gasteiger partial charge in [0.25, 0.3) is 0 Å². The lowest BCUT2D eigenvalue weighted by atomic mass is 10.1. The van der Waals surface area contributed by atoms with Gasteiger partial charge in [0.15, 0.2) is 0 Å². The van der Waals surface area contributed by atoms with Gasteiger partial charge in [-0.1, -0.05) is 30.3 Å². The molecule has 16 heavy (non-hydrogen) atoms. The molecule has 86 valence electrons. The highest BCUT2D eigenvalue weighted by atomic mass is 16.5. The molecular formula is C12H15NO3. The van der Waals surface area contributed by atoms with Gasteiger partial charge in [-0.05, 0) is 18.5 Å². The van der Waals surface area contributed by atoms with Crippen molar-refractivity contribution in [3.63, 3.8) is 0 Å². The Hall–Kier alpha value is -1.39. The summed E-state index contributed by atoms with van der Waals surface area (Å²) in [6.07, 6.45) is 1.36. The van der Waals surface area contributed by atoms with E-state index in [1.165, 1.54) is 0 Å². The van der Waals surface area contributed by atoms with Crippen LogP contribution in [0.15, 0.2) is 30.3 Å². The summed E-state index contributed by atoms with van der Waals surface area (Å²) in [4.78, 5) is 11.2. The fourth-order valence-corrected chi connectivity index (χ4v) is 1.86. The van der Waals surface area contributed by atoms with Crippen LogP contribution in [0.5, 0.6) is 0 Å². The van der Waals surface area contributed by atoms with Crippen molar-refractivity contribution >= 4 is 5.97 Å². The molecule has 0 saturated carbocycles. The largest absolute Gasteiger partial charge is 0.478 e. The zero-order chi connectivity index (χ0) is 11.4. The maximum atomic E-state index is 11.2. The molecule has 1 atom stereocenters. The number of carboxylic acids is 1. The number of nitrogens with one attached hydrogen (secondary N) is 1. The first-order valence-electron chi connectivity index (χ1n) is 5.39. The molecule has 1 heterocycles. The highest BCUT2D eigenvalue weighted by Gasteiger charge is 2.42. The molecule has 1 aliphatic heterocycles. The van der Waals surface area contributed by atoms with E-state index in [0.717, 1.165) is 12.0 Å². The number of carbonyl (C=O) groups is 1. The molecular weight excluding hydrogens is 206 g/mol. The van der Waals surface area contributed by atoms with E-state index < -0.39 is 11.7 Å². The minimum Gasteiger partial charge on any atom is -0.478 e. The summed E-state index contributed by atoms with van der Waals surface area (Å²) in [5.74, 6) is -0.930. The van der Waals surface area contributed by atoms with Crippen molar-refractivity contribution < 1.29 is 14.6 Å². The minimum atomic E-state index is -1.18. The zero-order valence-electron chi connectivity index (χ0n) is 8.98. The van der Waals surface area contributed by atoms with Crippen molar-refractivity contribution in [1.82, 2.24) is 5.32 Å². The van der Waals surface area contributed by atoms with E-state index >= 15 is 0 Å². The van der Waals surface area contributed by atoms with Crippen LogP contribution in [0.25, 0.3) is 0 Å². The number of carboxylic acid groups (broad SMARTS) is 1. The Bertz CT molecular complexity index is 358. The zero-order valence-corrected chi connectivity index (χ0v) is 8.98. The van der Waals surface area contributed by atoms with Crippen molar-refractivity contribution in [1.29, 1.82) is 0 Å². The topological polar surface area (TPSA) is 58.6 Å². The predicted octanol–water partition coefficient (Wildman–Crippen LogP) is 1.37. The first-order chi connectivity index (χ1) is 7.73. The molecule has 0 spiro atoms. The van der Waals surface area contributed by atoms with Crippen LogP contribution >= 0.6 is 0 Å². The lowest BCUT2D eigenvalue weighted by Gasteiger charge is -2.24. The van der Waals surface area contributed by atoms with Gasteiger partial charge in [0.2, 0.25) is 5.72 Å². The van der Waals surface area contributed by atoms with Crippen LogP contribution in [0, 0.1) is 0 Å². The van der Waals surface area contributed by atoms with Crippen LogP contribution in [-0.4, -0.2) is 23.3 Å². The number of aliphatic carboxylic acids is 1. The van der Waals surface area contributed by atoms with Crippen molar-refractivity contribution in [2.75, 3.05) is 6.54 Å². The molecule has 1 aromatic carbocycles. The molecule has 1 fully saturated rings. The lowest BCUT2D eigenvalue weighted by molar-refractivity contribution is -0.170. The second kappa shape index (κ2) is 4.63. The Labute approximate surface area is 94.2 Å². The van der Waals surface area contributed by atoms with Crippen LogP contribution in [0.3, 0.4) is 0 Å². The maximum Gasteiger partial charge on any atom is 0.351 e. The summed E-state index contributed by atoms with van der Waals surface area (Å²) in [5.41, 5.74) is -0.202. The fourth-order valence-electron chi connectivity index (χ4n) is 1.86. The molecule has 0 aliphatic carbocycles. The van der Waals surface area contributed by atoms with E-state index in [9.17, 15) is 4.79 Å². The second-order valence-electron chi connectivity index (χ2n) is 3.94. The van der Waals surface area contributed by atoms with Gasteiger partial charge < -0.3 is 9.84 Å². The normalized spacial score (nSPS) is 24.5. The van der Waals surface area contributed by atoms with Gasteiger partial charge >= 0.3 is 5.97 Å². The number of hydrogen-bond acceptors (Lipinski definition) is 3. The Kier molecular flexibility index (Phi) is 3.22. The van der Waals surface area contributed by atoms with Gasteiger partial charge in [0.1, 0.15) is 0 Å². The van der Waals surface area contributed by atoms with E-state index in [4.69, 9.17) is 9.84 Å². The minimum absolute atomic E-state index is 0.320. The van der Waals surface area contributed by atoms with Crippen LogP contribution in [0.4, 0.5) is 0 Å². The van der Waals surface area contributed by atoms with Crippen LogP contribution in [0.2, 0.25) is 0 Å². The molecule has 1 aliphatic rings. The van der Waals surface area contributed by atoms with Crippen LogP contribution < -0.4 is 5.32 Å². The SMILES string of the molecule is O=C(O)[C@]1(OCc2ccccc2)CCCN1. The molecule has 0 bridgehead atoms. The van der Waals surface area contributed by atoms with E-state index in [1.807, 2.05) is 30.3 Å². The average molecular weight is 221 g/mol. The van der Waals surface area contributed by atoms with E-state index in [-0.39, 0.29) is 0 Å². The first-order valence-corrected chi connectivity index (χ1v) is 5.39. The summed E-state index contributed by atoms with van der Waals surface area (Å²) in [7, 11) is 0. The summed E-state index contributed by atoms with van der Waals surface area (Å²) in [6.45, 7) is 1.02. The highest BCUT2D eigenvalue weighted by molar-refractivity contribution is 5.77. The van der Waals surface area contributed by atoms with Crippen molar-refractivity contribution in [3.8, 4) is 0 Å². The lowest BCUT2D eigenvalue weighted by Crippen LogP contribution is -2.49. The van der Waals surface area contributed by atoms with Crippen molar-refractivity contribution in [2.45, 2.75) is 25.2 Å². The third-order valence-electron chi connectivity index (χ3n) is 2.79. The smallest absolute Gasteiger partial charge is 0.351 e. The van der Waals surface area contributed by atoms with Crippen molar-refractivity contribution in [3.05, 3.63) is 35.9 Å². The molecule has 2 N–H and O–H groups in total. The molecule has 0 amide bonds. The quantitative estimate of drug-likeness (QED) is 0.806. The summed E-state index contributed by atoms with van der Waals surface area (Å²) in [5, 5.41) is 12.1. The Morgan fingerprint density at radius 1 is 1.44 bits per heavy atom. The molecule has 0 radical (unpaired) electrons. The Morgan fingerprint density at radius 2 is 2.19 bits per heavy atom. The number of rotatable bonds is 4. The third-order valence-corrected chi connectivity index (χ3v) is 2.79. The van der Waals surface area contributed by atoms with Crippen molar-refractivity contribution in [2.24, 2.45) is 0 Å². The van der Waals surface area contributed by atoms with Crippen LogP contribution in [-0.2, 0) is 16.1 Å². The summed E-state index contributed by atoms with van der Waals surface area (Å²) < 4.78 is 5.53. The molecule has 2 rings (SSSR count). The van der Waals surface area contributed by atoms with Gasteiger partial charge in [-0.2, -0.15) is 0 Å². The molecule has 1 saturated heterocycles. The van der Waals surface area contributed by atoms with Gasteiger partial charge in [-0.15, -0.1) is 0 Å². The molecule has 1 aromatic rings. The number of hydrogen-bond donors (Lipinski definition) is 2. The van der Waals surface area contributed by atoms with Gasteiger partial charge in [0, 0.05) is 6.42 Å². The average Bonchev–Trinajstić information content (AvgIpc) is 2.78. The number of ether oxygens (including phenoxy) is 1. The molecule has 0 unspecified atom stereocenters. The van der Waals surface area contributed by atoms with Gasteiger partial charge in [-0.3, -0.25) is 5.32 Å². The standard InChI is InChI=1S/C12H15NO3/c14-11(15)12(7-4-8-13-12)16-9-10-5-2-1-3-6-10/h1-3,5-6,13H,4,7-9H2,(H,14,15)/t12-/m1/s1. The van der Waals surface area contributed by atoms with Gasteiger partial charge in [-0.25, -0.2) is 4.79 Å². The van der Waals surface area contributed by atoms with E-state index in [2.05, 4.69) is 5.32 Å². The molecule has 4 nitrogen and oxygen atoms in total. The summed E-state index contributed by atoms with van der Waals surface area (Å²) in [6, 6.07) is 9.59. The summed E-state index contributed by atoms with van der Waals surface area (Å²) >= 11 is 0. The Morgan fingerprint density at radius 3 is 2.75 bits per heavy atom. The first kappa shape index (κ1) is 11.1. The van der Waals surface area contributed by atoms with Crippen LogP contribution in [0.1, 0.15) is 18.4 Å². The highest BCUT2D eigenvalue weighted by Crippen LogP contribution is 2.22. The maximum absolute atomic E-state index is 11.2. The third kappa shape index (κ3) is 2.23. The monoisotopic (exact) mass is 221 g/mol. The molecule has 0 aromatic heterocycles. The fraction of sp³-hybridized carbons (Fsp3) is 0.417. The predicted molar refractivity (Wildman–Crippen MR) is 58.8 cm³/mol. The number of benzene rings is 1. The van der Waals surface area contributed by atoms with Gasteiger partial charge in [0.05, 0.1) is 6.61 Å². The molecule has 4 heteroatoms. The van der Waals surface area contributed by atoms with E-state index in [0.29, 0.717) is 19.6 Å².